The molecule has 11 heteroatoms. The first-order valence-corrected chi connectivity index (χ1v) is 13.5. The fraction of sp³-hybridized carbons (Fsp3) is 0.556. The van der Waals surface area contributed by atoms with Crippen LogP contribution in [-0.2, 0) is 11.2 Å². The van der Waals surface area contributed by atoms with E-state index >= 15 is 0 Å². The number of aliphatic hydroxyl groups is 1. The quantitative estimate of drug-likeness (QED) is 0.488. The molecule has 0 bridgehead atoms. The first kappa shape index (κ1) is 27.7. The van der Waals surface area contributed by atoms with Crippen molar-refractivity contribution in [3.63, 3.8) is 0 Å². The lowest BCUT2D eigenvalue weighted by Gasteiger charge is -2.35. The molecule has 0 spiro atoms. The number of nitrogens with two attached hydrogens (primary N) is 1. The van der Waals surface area contributed by atoms with Crippen molar-refractivity contribution in [1.29, 1.82) is 0 Å². The van der Waals surface area contributed by atoms with Gasteiger partial charge in [-0.15, -0.1) is 0 Å². The second-order valence-corrected chi connectivity index (χ2v) is 10.2. The molecular formula is C27H39N7O4. The van der Waals surface area contributed by atoms with E-state index in [0.717, 1.165) is 45.3 Å². The Morgan fingerprint density at radius 2 is 1.76 bits per heavy atom. The van der Waals surface area contributed by atoms with Crippen LogP contribution in [0, 0.1) is 5.92 Å². The van der Waals surface area contributed by atoms with Crippen molar-refractivity contribution in [3.05, 3.63) is 52.6 Å². The van der Waals surface area contributed by atoms with Gasteiger partial charge >= 0.3 is 11.7 Å². The van der Waals surface area contributed by atoms with Gasteiger partial charge in [0.15, 0.2) is 0 Å². The van der Waals surface area contributed by atoms with Crippen molar-refractivity contribution in [1.82, 2.24) is 24.3 Å². The number of anilines is 1. The summed E-state index contributed by atoms with van der Waals surface area (Å²) < 4.78 is 1.45. The summed E-state index contributed by atoms with van der Waals surface area (Å²) in [7, 11) is 0. The van der Waals surface area contributed by atoms with E-state index in [4.69, 9.17) is 5.73 Å². The molecule has 38 heavy (non-hydrogen) atoms. The van der Waals surface area contributed by atoms with Crippen molar-refractivity contribution in [2.75, 3.05) is 57.7 Å². The van der Waals surface area contributed by atoms with Crippen molar-refractivity contribution < 1.29 is 14.7 Å². The Balaban J connectivity index is 1.29. The molecule has 2 saturated heterocycles. The monoisotopic (exact) mass is 525 g/mol. The Bertz CT molecular complexity index is 1140. The maximum absolute atomic E-state index is 12.7. The molecule has 2 aliphatic rings. The molecule has 4 N–H and O–H groups in total. The molecule has 206 valence electrons. The topological polar surface area (TPSA) is 137 Å². The third-order valence-electron chi connectivity index (χ3n) is 7.41. The molecule has 2 aliphatic heterocycles. The van der Waals surface area contributed by atoms with Gasteiger partial charge < -0.3 is 25.5 Å². The molecule has 2 fully saturated rings. The fourth-order valence-corrected chi connectivity index (χ4v) is 4.89. The summed E-state index contributed by atoms with van der Waals surface area (Å²) in [6.45, 7) is 6.14. The number of hydrogen-bond donors (Lipinski definition) is 3. The molecule has 0 radical (unpaired) electrons. The van der Waals surface area contributed by atoms with Gasteiger partial charge in [-0.05, 0) is 62.5 Å². The Hall–Kier alpha value is -3.28. The zero-order valence-electron chi connectivity index (χ0n) is 22.1. The number of carbonyl (C=O) groups excluding carboxylic acids is 2. The van der Waals surface area contributed by atoms with E-state index < -0.39 is 11.6 Å². The third-order valence-corrected chi connectivity index (χ3v) is 7.41. The zero-order chi connectivity index (χ0) is 27.1. The molecule has 3 amide bonds. The Kier molecular flexibility index (Phi) is 9.48. The van der Waals surface area contributed by atoms with Crippen LogP contribution in [0.15, 0.2) is 41.3 Å². The average Bonchev–Trinajstić information content (AvgIpc) is 3.15. The SMILES string of the molecule is C[C@@H](CO)C(=O)N1CCN(C(=O)Nc2ccn(-c3ccc(CCN4CCCC(N)CC4)cc3)c(=O)n2)CC1. The van der Waals surface area contributed by atoms with Gasteiger partial charge in [0, 0.05) is 45.0 Å². The molecule has 2 aromatic rings. The largest absolute Gasteiger partial charge is 0.396 e. The number of carbonyl (C=O) groups is 2. The number of benzene rings is 1. The Morgan fingerprint density at radius 3 is 2.45 bits per heavy atom. The number of urea groups is 1. The molecule has 1 aromatic carbocycles. The first-order valence-electron chi connectivity index (χ1n) is 13.5. The van der Waals surface area contributed by atoms with Crippen LogP contribution in [0.25, 0.3) is 5.69 Å². The van der Waals surface area contributed by atoms with Gasteiger partial charge in [0.2, 0.25) is 5.91 Å². The van der Waals surface area contributed by atoms with Crippen molar-refractivity contribution in [2.24, 2.45) is 11.7 Å². The van der Waals surface area contributed by atoms with Crippen LogP contribution in [-0.4, -0.2) is 99.8 Å². The minimum absolute atomic E-state index is 0.117. The van der Waals surface area contributed by atoms with Gasteiger partial charge in [0.05, 0.1) is 18.2 Å². The smallest absolute Gasteiger partial charge is 0.354 e. The molecule has 4 rings (SSSR count). The number of nitrogens with zero attached hydrogens (tertiary/aromatic N) is 5. The number of piperazine rings is 1. The molecule has 11 nitrogen and oxygen atoms in total. The fourth-order valence-electron chi connectivity index (χ4n) is 4.89. The number of nitrogens with one attached hydrogen (secondary N) is 1. The van der Waals surface area contributed by atoms with E-state index in [1.807, 2.05) is 24.3 Å². The van der Waals surface area contributed by atoms with Crippen molar-refractivity contribution in [3.8, 4) is 5.69 Å². The van der Waals surface area contributed by atoms with Crippen LogP contribution in [0.5, 0.6) is 0 Å². The van der Waals surface area contributed by atoms with E-state index in [1.54, 1.807) is 29.0 Å². The lowest BCUT2D eigenvalue weighted by Crippen LogP contribution is -2.53. The van der Waals surface area contributed by atoms with Crippen LogP contribution in [0.3, 0.4) is 0 Å². The highest BCUT2D eigenvalue weighted by Crippen LogP contribution is 2.14. The summed E-state index contributed by atoms with van der Waals surface area (Å²) in [5.41, 5.74) is 7.52. The summed E-state index contributed by atoms with van der Waals surface area (Å²) >= 11 is 0. The second kappa shape index (κ2) is 13.0. The molecule has 1 unspecified atom stereocenters. The third kappa shape index (κ3) is 7.18. The summed E-state index contributed by atoms with van der Waals surface area (Å²) in [5, 5.41) is 11.9. The Morgan fingerprint density at radius 1 is 1.05 bits per heavy atom. The predicted octanol–water partition coefficient (Wildman–Crippen LogP) is 0.893. The van der Waals surface area contributed by atoms with Crippen LogP contribution in [0.2, 0.25) is 0 Å². The van der Waals surface area contributed by atoms with E-state index in [1.165, 1.54) is 10.1 Å². The normalized spacial score (nSPS) is 19.6. The number of rotatable bonds is 7. The second-order valence-electron chi connectivity index (χ2n) is 10.2. The zero-order valence-corrected chi connectivity index (χ0v) is 22.1. The number of amides is 3. The van der Waals surface area contributed by atoms with Gasteiger partial charge in [0.25, 0.3) is 0 Å². The number of likely N-dealkylation sites (tertiary alicyclic amines) is 1. The highest BCUT2D eigenvalue weighted by atomic mass is 16.3. The highest BCUT2D eigenvalue weighted by molar-refractivity contribution is 5.88. The van der Waals surface area contributed by atoms with Crippen LogP contribution in [0.4, 0.5) is 10.6 Å². The van der Waals surface area contributed by atoms with Gasteiger partial charge in [-0.3, -0.25) is 14.7 Å². The lowest BCUT2D eigenvalue weighted by molar-refractivity contribution is -0.137. The van der Waals surface area contributed by atoms with Gasteiger partial charge in [-0.1, -0.05) is 19.1 Å². The lowest BCUT2D eigenvalue weighted by atomic mass is 10.1. The van der Waals surface area contributed by atoms with E-state index in [-0.39, 0.29) is 24.4 Å². The summed E-state index contributed by atoms with van der Waals surface area (Å²) in [6, 6.07) is 9.44. The molecular weight excluding hydrogens is 486 g/mol. The van der Waals surface area contributed by atoms with Gasteiger partial charge in [-0.25, -0.2) is 9.59 Å². The first-order chi connectivity index (χ1) is 18.3. The summed E-state index contributed by atoms with van der Waals surface area (Å²) in [4.78, 5) is 47.3. The molecule has 1 aromatic heterocycles. The maximum Gasteiger partial charge on any atom is 0.354 e. The number of aromatic nitrogens is 2. The average molecular weight is 526 g/mol. The molecule has 0 saturated carbocycles. The van der Waals surface area contributed by atoms with Crippen LogP contribution >= 0.6 is 0 Å². The maximum atomic E-state index is 12.7. The number of hydrogen-bond acceptors (Lipinski definition) is 7. The van der Waals surface area contributed by atoms with Crippen molar-refractivity contribution in [2.45, 2.75) is 38.6 Å². The Labute approximate surface area is 223 Å². The minimum atomic E-state index is -0.482. The van der Waals surface area contributed by atoms with E-state index in [0.29, 0.717) is 37.9 Å². The molecule has 2 atom stereocenters. The van der Waals surface area contributed by atoms with Crippen molar-refractivity contribution >= 4 is 17.8 Å². The van der Waals surface area contributed by atoms with Crippen LogP contribution < -0.4 is 16.7 Å². The highest BCUT2D eigenvalue weighted by Gasteiger charge is 2.26. The van der Waals surface area contributed by atoms with E-state index in [9.17, 15) is 19.5 Å². The predicted molar refractivity (Wildman–Crippen MR) is 145 cm³/mol. The van der Waals surface area contributed by atoms with Gasteiger partial charge in [0.1, 0.15) is 5.82 Å². The van der Waals surface area contributed by atoms with Crippen LogP contribution in [0.1, 0.15) is 31.7 Å². The minimum Gasteiger partial charge on any atom is -0.396 e. The summed E-state index contributed by atoms with van der Waals surface area (Å²) in [6.07, 6.45) is 5.84. The van der Waals surface area contributed by atoms with Gasteiger partial charge in [-0.2, -0.15) is 4.98 Å². The molecule has 3 heterocycles. The summed E-state index contributed by atoms with van der Waals surface area (Å²) in [5.74, 6) is -0.391. The molecule has 0 aliphatic carbocycles. The number of aliphatic hydroxyl groups excluding tert-OH is 1. The van der Waals surface area contributed by atoms with E-state index in [2.05, 4.69) is 15.2 Å². The standard InChI is InChI=1S/C27H39N7O4/c1-20(19-35)25(36)32-15-17-33(18-16-32)26(37)29-24-10-14-34(27(38)30-24)23-6-4-21(5-7-23)8-12-31-11-2-3-22(28)9-13-31/h4-7,10,14,20,22,35H,2-3,8-9,11-13,15-19,28H2,1H3,(H,29,30,37,38)/t20-,22?/m0/s1.